The topological polar surface area (TPSA) is 46.9 Å². The molecule has 1 aromatic heterocycles. The van der Waals surface area contributed by atoms with Crippen LogP contribution in [-0.4, -0.2) is 15.7 Å². The van der Waals surface area contributed by atoms with Crippen LogP contribution in [0.5, 0.6) is 0 Å². The van der Waals surface area contributed by atoms with Crippen LogP contribution in [0.1, 0.15) is 37.2 Å². The number of hydrogen-bond donors (Lipinski definition) is 1. The van der Waals surface area contributed by atoms with Crippen LogP contribution in [0.2, 0.25) is 5.02 Å². The Bertz CT molecular complexity index is 575. The normalized spacial score (nSPS) is 13.8. The van der Waals surface area contributed by atoms with Crippen molar-refractivity contribution in [3.63, 3.8) is 0 Å². The molecule has 0 aliphatic heterocycles. The lowest BCUT2D eigenvalue weighted by atomic mass is 10.1. The van der Waals surface area contributed by atoms with Gasteiger partial charge < -0.3 is 5.32 Å². The van der Waals surface area contributed by atoms with Gasteiger partial charge in [0.05, 0.1) is 16.8 Å². The van der Waals surface area contributed by atoms with E-state index in [1.54, 1.807) is 17.8 Å². The maximum absolute atomic E-state index is 12.2. The fraction of sp³-hybridized carbons (Fsp3) is 0.333. The first-order chi connectivity index (χ1) is 9.49. The third-order valence-corrected chi connectivity index (χ3v) is 3.66. The fourth-order valence-electron chi connectivity index (χ4n) is 1.94. The predicted octanol–water partition coefficient (Wildman–Crippen LogP) is 3.28. The number of halogens is 1. The average Bonchev–Trinajstić information content (AvgIpc) is 2.78. The van der Waals surface area contributed by atoms with E-state index in [-0.39, 0.29) is 11.9 Å². The van der Waals surface area contributed by atoms with Crippen LogP contribution in [0.4, 0.5) is 0 Å². The van der Waals surface area contributed by atoms with Gasteiger partial charge in [-0.05, 0) is 26.3 Å². The van der Waals surface area contributed by atoms with Crippen molar-refractivity contribution in [3.05, 3.63) is 52.8 Å². The van der Waals surface area contributed by atoms with Crippen LogP contribution in [0.3, 0.4) is 0 Å². The minimum absolute atomic E-state index is 0.0433. The summed E-state index contributed by atoms with van der Waals surface area (Å²) in [7, 11) is 0. The van der Waals surface area contributed by atoms with Gasteiger partial charge in [0.15, 0.2) is 0 Å². The van der Waals surface area contributed by atoms with Crippen LogP contribution in [0, 0.1) is 6.92 Å². The Morgan fingerprint density at radius 2 is 1.95 bits per heavy atom. The maximum atomic E-state index is 12.2. The molecule has 0 spiro atoms. The number of nitrogens with zero attached hydrogens (tertiary/aromatic N) is 2. The van der Waals surface area contributed by atoms with Crippen LogP contribution in [0.15, 0.2) is 36.5 Å². The molecule has 2 unspecified atom stereocenters. The van der Waals surface area contributed by atoms with E-state index in [1.807, 2.05) is 44.2 Å². The minimum atomic E-state index is -0.396. The summed E-state index contributed by atoms with van der Waals surface area (Å²) in [6, 6.07) is 9.41. The number of aryl methyl sites for hydroxylation is 1. The van der Waals surface area contributed by atoms with Crippen molar-refractivity contribution in [1.82, 2.24) is 15.1 Å². The Morgan fingerprint density at radius 3 is 2.50 bits per heavy atom. The Kier molecular flexibility index (Phi) is 4.45. The fourth-order valence-corrected chi connectivity index (χ4v) is 2.07. The maximum Gasteiger partial charge on any atom is 0.245 e. The lowest BCUT2D eigenvalue weighted by Gasteiger charge is -2.18. The van der Waals surface area contributed by atoms with Crippen molar-refractivity contribution in [1.29, 1.82) is 0 Å². The van der Waals surface area contributed by atoms with E-state index in [4.69, 9.17) is 11.6 Å². The molecule has 2 atom stereocenters. The van der Waals surface area contributed by atoms with Gasteiger partial charge in [-0.3, -0.25) is 9.48 Å². The summed E-state index contributed by atoms with van der Waals surface area (Å²) in [5, 5.41) is 7.79. The molecular formula is C15H18ClN3O. The number of carbonyl (C=O) groups is 1. The molecule has 106 valence electrons. The lowest BCUT2D eigenvalue weighted by Crippen LogP contribution is -2.33. The second-order valence-corrected chi connectivity index (χ2v) is 5.27. The zero-order valence-electron chi connectivity index (χ0n) is 11.8. The zero-order valence-corrected chi connectivity index (χ0v) is 12.6. The Morgan fingerprint density at radius 1 is 1.30 bits per heavy atom. The van der Waals surface area contributed by atoms with E-state index in [0.717, 1.165) is 11.3 Å². The first-order valence-electron chi connectivity index (χ1n) is 6.55. The number of benzene rings is 1. The highest BCUT2D eigenvalue weighted by atomic mass is 35.5. The summed E-state index contributed by atoms with van der Waals surface area (Å²) < 4.78 is 1.59. The zero-order chi connectivity index (χ0) is 14.7. The van der Waals surface area contributed by atoms with Crippen molar-refractivity contribution in [2.24, 2.45) is 0 Å². The molecule has 4 nitrogen and oxygen atoms in total. The van der Waals surface area contributed by atoms with Gasteiger partial charge in [0.1, 0.15) is 6.04 Å². The largest absolute Gasteiger partial charge is 0.348 e. The summed E-state index contributed by atoms with van der Waals surface area (Å²) in [4.78, 5) is 12.2. The molecule has 1 heterocycles. The summed E-state index contributed by atoms with van der Waals surface area (Å²) in [6.45, 7) is 5.58. The quantitative estimate of drug-likeness (QED) is 0.939. The van der Waals surface area contributed by atoms with E-state index in [0.29, 0.717) is 5.02 Å². The van der Waals surface area contributed by atoms with Gasteiger partial charge in [-0.2, -0.15) is 5.10 Å². The van der Waals surface area contributed by atoms with E-state index in [2.05, 4.69) is 10.4 Å². The molecule has 2 aromatic rings. The molecule has 1 aromatic carbocycles. The smallest absolute Gasteiger partial charge is 0.245 e. The van der Waals surface area contributed by atoms with Crippen molar-refractivity contribution in [2.45, 2.75) is 32.9 Å². The summed E-state index contributed by atoms with van der Waals surface area (Å²) in [6.07, 6.45) is 1.67. The molecule has 20 heavy (non-hydrogen) atoms. The van der Waals surface area contributed by atoms with Gasteiger partial charge in [-0.25, -0.2) is 0 Å². The number of amides is 1. The van der Waals surface area contributed by atoms with Gasteiger partial charge >= 0.3 is 0 Å². The Hall–Kier alpha value is -1.81. The number of aromatic nitrogens is 2. The first kappa shape index (κ1) is 14.6. The summed E-state index contributed by atoms with van der Waals surface area (Å²) >= 11 is 5.96. The summed E-state index contributed by atoms with van der Waals surface area (Å²) in [5.41, 5.74) is 1.80. The van der Waals surface area contributed by atoms with E-state index < -0.39 is 6.04 Å². The van der Waals surface area contributed by atoms with E-state index >= 15 is 0 Å². The van der Waals surface area contributed by atoms with Crippen molar-refractivity contribution in [2.75, 3.05) is 0 Å². The molecule has 0 fully saturated rings. The molecule has 0 aliphatic carbocycles. The Labute approximate surface area is 123 Å². The van der Waals surface area contributed by atoms with E-state index in [9.17, 15) is 4.79 Å². The standard InChI is InChI=1S/C15H18ClN3O/c1-10(13-7-5-4-6-8-13)17-15(20)12(3)19-9-14(16)11(2)18-19/h4-10,12H,1-3H3,(H,17,20). The predicted molar refractivity (Wildman–Crippen MR) is 79.7 cm³/mol. The van der Waals surface area contributed by atoms with Gasteiger partial charge in [0.25, 0.3) is 0 Å². The van der Waals surface area contributed by atoms with Crippen LogP contribution in [-0.2, 0) is 4.79 Å². The van der Waals surface area contributed by atoms with Crippen molar-refractivity contribution in [3.8, 4) is 0 Å². The van der Waals surface area contributed by atoms with Crippen LogP contribution >= 0.6 is 11.6 Å². The number of carbonyl (C=O) groups excluding carboxylic acids is 1. The lowest BCUT2D eigenvalue weighted by molar-refractivity contribution is -0.124. The molecule has 0 saturated heterocycles. The molecule has 0 radical (unpaired) electrons. The van der Waals surface area contributed by atoms with Crippen LogP contribution < -0.4 is 5.32 Å². The van der Waals surface area contributed by atoms with Crippen molar-refractivity contribution < 1.29 is 4.79 Å². The van der Waals surface area contributed by atoms with Gasteiger partial charge in [-0.1, -0.05) is 41.9 Å². The van der Waals surface area contributed by atoms with E-state index in [1.165, 1.54) is 0 Å². The van der Waals surface area contributed by atoms with Crippen molar-refractivity contribution >= 4 is 17.5 Å². The first-order valence-corrected chi connectivity index (χ1v) is 6.93. The highest BCUT2D eigenvalue weighted by Crippen LogP contribution is 2.17. The SMILES string of the molecule is Cc1nn(C(C)C(=O)NC(C)c2ccccc2)cc1Cl. The van der Waals surface area contributed by atoms with Crippen LogP contribution in [0.25, 0.3) is 0 Å². The molecule has 1 N–H and O–H groups in total. The minimum Gasteiger partial charge on any atom is -0.348 e. The highest BCUT2D eigenvalue weighted by Gasteiger charge is 2.19. The Balaban J connectivity index is 2.04. The second-order valence-electron chi connectivity index (χ2n) is 4.86. The number of rotatable bonds is 4. The molecular weight excluding hydrogens is 274 g/mol. The summed E-state index contributed by atoms with van der Waals surface area (Å²) in [5.74, 6) is -0.0829. The van der Waals surface area contributed by atoms with Gasteiger partial charge in [-0.15, -0.1) is 0 Å². The molecule has 2 rings (SSSR count). The third kappa shape index (κ3) is 3.20. The average molecular weight is 292 g/mol. The molecule has 0 aliphatic rings. The second kappa shape index (κ2) is 6.09. The third-order valence-electron chi connectivity index (χ3n) is 3.29. The monoisotopic (exact) mass is 291 g/mol. The number of nitrogens with one attached hydrogen (secondary N) is 1. The highest BCUT2D eigenvalue weighted by molar-refractivity contribution is 6.31. The molecule has 1 amide bonds. The van der Waals surface area contributed by atoms with Gasteiger partial charge in [0, 0.05) is 6.20 Å². The molecule has 5 heteroatoms. The molecule has 0 bridgehead atoms. The van der Waals surface area contributed by atoms with Gasteiger partial charge in [0.2, 0.25) is 5.91 Å². The molecule has 0 saturated carbocycles. The number of hydrogen-bond acceptors (Lipinski definition) is 2.